The van der Waals surface area contributed by atoms with Gasteiger partial charge in [-0.1, -0.05) is 18.2 Å². The number of anilines is 3. The number of aryl methyl sites for hydroxylation is 1. The Balaban J connectivity index is 1.69. The Morgan fingerprint density at radius 3 is 2.41 bits per heavy atom. The van der Waals surface area contributed by atoms with Gasteiger partial charge >= 0.3 is 0 Å². The molecule has 6 nitrogen and oxygen atoms in total. The van der Waals surface area contributed by atoms with E-state index in [0.29, 0.717) is 28.6 Å². The molecule has 3 aromatic rings. The van der Waals surface area contributed by atoms with E-state index in [9.17, 15) is 4.79 Å². The van der Waals surface area contributed by atoms with Crippen molar-refractivity contribution in [3.63, 3.8) is 0 Å². The number of pyridine rings is 1. The number of para-hydroxylation sites is 1. The molecule has 0 saturated carbocycles. The lowest BCUT2D eigenvalue weighted by atomic mass is 10.2. The van der Waals surface area contributed by atoms with Crippen molar-refractivity contribution in [1.29, 1.82) is 0 Å². The van der Waals surface area contributed by atoms with Crippen LogP contribution in [0.15, 0.2) is 60.8 Å². The predicted molar refractivity (Wildman–Crippen MR) is 106 cm³/mol. The number of hydrogen-bond acceptors (Lipinski definition) is 5. The molecule has 138 valence electrons. The summed E-state index contributed by atoms with van der Waals surface area (Å²) in [5.41, 5.74) is 3.19. The molecular weight excluding hydrogens is 342 g/mol. The second-order valence-electron chi connectivity index (χ2n) is 5.90. The fourth-order valence-electron chi connectivity index (χ4n) is 2.57. The number of hydrogen-bond donors (Lipinski definition) is 2. The minimum atomic E-state index is -0.252. The van der Waals surface area contributed by atoms with Crippen LogP contribution in [0.3, 0.4) is 0 Å². The Labute approximate surface area is 158 Å². The Morgan fingerprint density at radius 1 is 0.963 bits per heavy atom. The molecule has 1 heterocycles. The number of ether oxygens (including phenoxy) is 2. The fraction of sp³-hybridized carbons (Fsp3) is 0.143. The third-order valence-electron chi connectivity index (χ3n) is 4.07. The van der Waals surface area contributed by atoms with E-state index in [1.807, 2.05) is 37.3 Å². The highest BCUT2D eigenvalue weighted by Gasteiger charge is 2.11. The van der Waals surface area contributed by atoms with Gasteiger partial charge in [-0.15, -0.1) is 0 Å². The lowest BCUT2D eigenvalue weighted by molar-refractivity contribution is 0.102. The molecule has 0 unspecified atom stereocenters. The van der Waals surface area contributed by atoms with Crippen molar-refractivity contribution < 1.29 is 14.3 Å². The molecule has 1 amide bonds. The standard InChI is InChI=1S/C21H21N3O3/c1-14-6-4-5-7-17(14)24-20-11-9-16(13-22-20)23-21(25)15-8-10-18(26-2)19(12-15)27-3/h4-13H,1-3H3,(H,22,24)(H,23,25). The van der Waals surface area contributed by atoms with Crippen LogP contribution >= 0.6 is 0 Å². The highest BCUT2D eigenvalue weighted by molar-refractivity contribution is 6.04. The van der Waals surface area contributed by atoms with Crippen molar-refractivity contribution in [2.24, 2.45) is 0 Å². The largest absolute Gasteiger partial charge is 0.493 e. The van der Waals surface area contributed by atoms with Gasteiger partial charge in [0, 0.05) is 11.3 Å². The molecule has 3 rings (SSSR count). The molecule has 2 N–H and O–H groups in total. The summed E-state index contributed by atoms with van der Waals surface area (Å²) in [5.74, 6) is 1.52. The van der Waals surface area contributed by atoms with Crippen LogP contribution in [0.5, 0.6) is 11.5 Å². The van der Waals surface area contributed by atoms with Gasteiger partial charge in [0.15, 0.2) is 11.5 Å². The molecule has 0 atom stereocenters. The lowest BCUT2D eigenvalue weighted by Crippen LogP contribution is -2.12. The van der Waals surface area contributed by atoms with Crippen molar-refractivity contribution in [2.45, 2.75) is 6.92 Å². The van der Waals surface area contributed by atoms with E-state index in [1.54, 1.807) is 37.6 Å². The van der Waals surface area contributed by atoms with Gasteiger partial charge in [-0.25, -0.2) is 4.98 Å². The first-order chi connectivity index (χ1) is 13.1. The maximum absolute atomic E-state index is 12.5. The summed E-state index contributed by atoms with van der Waals surface area (Å²) in [6.45, 7) is 2.03. The Kier molecular flexibility index (Phi) is 5.56. The van der Waals surface area contributed by atoms with Crippen LogP contribution in [0.4, 0.5) is 17.2 Å². The molecule has 0 radical (unpaired) electrons. The van der Waals surface area contributed by atoms with E-state index >= 15 is 0 Å². The highest BCUT2D eigenvalue weighted by atomic mass is 16.5. The van der Waals surface area contributed by atoms with E-state index in [1.165, 1.54) is 7.11 Å². The van der Waals surface area contributed by atoms with E-state index in [2.05, 4.69) is 15.6 Å². The molecule has 0 fully saturated rings. The second kappa shape index (κ2) is 8.23. The van der Waals surface area contributed by atoms with Gasteiger partial charge in [-0.3, -0.25) is 4.79 Å². The van der Waals surface area contributed by atoms with Crippen molar-refractivity contribution in [3.05, 3.63) is 71.9 Å². The van der Waals surface area contributed by atoms with Gasteiger partial charge in [0.05, 0.1) is 26.1 Å². The van der Waals surface area contributed by atoms with Crippen LogP contribution in [0.25, 0.3) is 0 Å². The molecular formula is C21H21N3O3. The average Bonchev–Trinajstić information content (AvgIpc) is 2.70. The smallest absolute Gasteiger partial charge is 0.255 e. The molecule has 0 bridgehead atoms. The number of carbonyl (C=O) groups excluding carboxylic acids is 1. The van der Waals surface area contributed by atoms with Gasteiger partial charge in [0.1, 0.15) is 5.82 Å². The maximum atomic E-state index is 12.5. The summed E-state index contributed by atoms with van der Waals surface area (Å²) in [7, 11) is 3.08. The fourth-order valence-corrected chi connectivity index (χ4v) is 2.57. The van der Waals surface area contributed by atoms with Crippen molar-refractivity contribution in [1.82, 2.24) is 4.98 Å². The summed E-state index contributed by atoms with van der Waals surface area (Å²) >= 11 is 0. The first-order valence-corrected chi connectivity index (χ1v) is 8.43. The number of aromatic nitrogens is 1. The minimum Gasteiger partial charge on any atom is -0.493 e. The molecule has 0 aliphatic rings. The number of nitrogens with zero attached hydrogens (tertiary/aromatic N) is 1. The van der Waals surface area contributed by atoms with Gasteiger partial charge in [-0.2, -0.15) is 0 Å². The van der Waals surface area contributed by atoms with E-state index in [0.717, 1.165) is 11.3 Å². The van der Waals surface area contributed by atoms with Gasteiger partial charge < -0.3 is 20.1 Å². The van der Waals surface area contributed by atoms with Crippen molar-refractivity contribution in [3.8, 4) is 11.5 Å². The van der Waals surface area contributed by atoms with Crippen molar-refractivity contribution >= 4 is 23.1 Å². The van der Waals surface area contributed by atoms with E-state index in [-0.39, 0.29) is 5.91 Å². The number of nitrogens with one attached hydrogen (secondary N) is 2. The maximum Gasteiger partial charge on any atom is 0.255 e. The van der Waals surface area contributed by atoms with Crippen LogP contribution in [0, 0.1) is 6.92 Å². The third-order valence-corrected chi connectivity index (χ3v) is 4.07. The van der Waals surface area contributed by atoms with Gasteiger partial charge in [0.25, 0.3) is 5.91 Å². The van der Waals surface area contributed by atoms with Gasteiger partial charge in [0.2, 0.25) is 0 Å². The summed E-state index contributed by atoms with van der Waals surface area (Å²) in [6.07, 6.45) is 1.61. The normalized spacial score (nSPS) is 10.2. The SMILES string of the molecule is COc1ccc(C(=O)Nc2ccc(Nc3ccccc3C)nc2)cc1OC. The summed E-state index contributed by atoms with van der Waals surface area (Å²) < 4.78 is 10.4. The minimum absolute atomic E-state index is 0.252. The summed E-state index contributed by atoms with van der Waals surface area (Å²) in [6, 6.07) is 16.6. The number of carbonyl (C=O) groups is 1. The van der Waals surface area contributed by atoms with Crippen LogP contribution in [-0.2, 0) is 0 Å². The Hall–Kier alpha value is -3.54. The average molecular weight is 363 g/mol. The van der Waals surface area contributed by atoms with Crippen LogP contribution in [-0.4, -0.2) is 25.1 Å². The quantitative estimate of drug-likeness (QED) is 0.679. The van der Waals surface area contributed by atoms with E-state index in [4.69, 9.17) is 9.47 Å². The predicted octanol–water partition coefficient (Wildman–Crippen LogP) is 4.40. The highest BCUT2D eigenvalue weighted by Crippen LogP contribution is 2.28. The zero-order valence-electron chi connectivity index (χ0n) is 15.4. The summed E-state index contributed by atoms with van der Waals surface area (Å²) in [5, 5.41) is 6.08. The third kappa shape index (κ3) is 4.36. The first-order valence-electron chi connectivity index (χ1n) is 8.43. The Morgan fingerprint density at radius 2 is 1.74 bits per heavy atom. The molecule has 0 saturated heterocycles. The lowest BCUT2D eigenvalue weighted by Gasteiger charge is -2.11. The number of rotatable bonds is 6. The Bertz CT molecular complexity index is 940. The number of amides is 1. The molecule has 0 spiro atoms. The molecule has 1 aromatic heterocycles. The molecule has 0 aliphatic carbocycles. The van der Waals surface area contributed by atoms with Crippen molar-refractivity contribution in [2.75, 3.05) is 24.9 Å². The van der Waals surface area contributed by atoms with Crippen LogP contribution in [0.1, 0.15) is 15.9 Å². The topological polar surface area (TPSA) is 72.5 Å². The van der Waals surface area contributed by atoms with Crippen LogP contribution < -0.4 is 20.1 Å². The number of methoxy groups -OCH3 is 2. The van der Waals surface area contributed by atoms with Gasteiger partial charge in [-0.05, 0) is 48.9 Å². The monoisotopic (exact) mass is 363 g/mol. The molecule has 27 heavy (non-hydrogen) atoms. The van der Waals surface area contributed by atoms with Crippen LogP contribution in [0.2, 0.25) is 0 Å². The zero-order chi connectivity index (χ0) is 19.2. The second-order valence-corrected chi connectivity index (χ2v) is 5.90. The van der Waals surface area contributed by atoms with E-state index < -0.39 is 0 Å². The molecule has 0 aliphatic heterocycles. The molecule has 6 heteroatoms. The summed E-state index contributed by atoms with van der Waals surface area (Å²) in [4.78, 5) is 16.8. The zero-order valence-corrected chi connectivity index (χ0v) is 15.4. The first kappa shape index (κ1) is 18.3. The number of benzene rings is 2. The molecule has 2 aromatic carbocycles.